The summed E-state index contributed by atoms with van der Waals surface area (Å²) < 4.78 is 26.8. The molecule has 20 heavy (non-hydrogen) atoms. The van der Waals surface area contributed by atoms with Crippen LogP contribution in [0.15, 0.2) is 29.2 Å². The van der Waals surface area contributed by atoms with Crippen LogP contribution >= 0.6 is 0 Å². The zero-order valence-corrected chi connectivity index (χ0v) is 13.1. The van der Waals surface area contributed by atoms with Crippen LogP contribution in [0.1, 0.15) is 44.6 Å². The first-order valence-electron chi connectivity index (χ1n) is 7.39. The molecule has 0 bridgehead atoms. The lowest BCUT2D eigenvalue weighted by Gasteiger charge is -2.07. The average Bonchev–Trinajstić information content (AvgIpc) is 2.45. The summed E-state index contributed by atoms with van der Waals surface area (Å²) in [4.78, 5) is 0.337. The molecule has 0 aliphatic carbocycles. The molecule has 0 heterocycles. The summed E-state index contributed by atoms with van der Waals surface area (Å²) in [5.41, 5.74) is 6.58. The van der Waals surface area contributed by atoms with Gasteiger partial charge in [-0.1, -0.05) is 38.3 Å². The standard InChI is InChI=1S/C15H26N2O2S/c1-2-3-4-5-13-17-20(18,19)15-10-8-14(9-11-15)7-6-12-16/h8-11,17H,2-7,12-13,16H2,1H3. The van der Waals surface area contributed by atoms with Crippen LogP contribution in [0, 0.1) is 0 Å². The van der Waals surface area contributed by atoms with Crippen LogP contribution in [0.2, 0.25) is 0 Å². The van der Waals surface area contributed by atoms with E-state index in [4.69, 9.17) is 5.73 Å². The van der Waals surface area contributed by atoms with Gasteiger partial charge >= 0.3 is 0 Å². The second kappa shape index (κ2) is 9.10. The normalized spacial score (nSPS) is 11.7. The van der Waals surface area contributed by atoms with Gasteiger partial charge in [0, 0.05) is 6.54 Å². The fraction of sp³-hybridized carbons (Fsp3) is 0.600. The molecule has 0 amide bonds. The second-order valence-corrected chi connectivity index (χ2v) is 6.76. The van der Waals surface area contributed by atoms with Crippen molar-refractivity contribution < 1.29 is 8.42 Å². The maximum absolute atomic E-state index is 12.1. The van der Waals surface area contributed by atoms with Crippen LogP contribution in [-0.2, 0) is 16.4 Å². The van der Waals surface area contributed by atoms with Gasteiger partial charge in [0.25, 0.3) is 0 Å². The van der Waals surface area contributed by atoms with Gasteiger partial charge in [0.15, 0.2) is 0 Å². The van der Waals surface area contributed by atoms with Gasteiger partial charge in [0.1, 0.15) is 0 Å². The fourth-order valence-electron chi connectivity index (χ4n) is 1.98. The molecule has 4 nitrogen and oxygen atoms in total. The van der Waals surface area contributed by atoms with Crippen molar-refractivity contribution in [2.45, 2.75) is 50.3 Å². The van der Waals surface area contributed by atoms with Crippen molar-refractivity contribution in [2.75, 3.05) is 13.1 Å². The summed E-state index contributed by atoms with van der Waals surface area (Å²) in [6.07, 6.45) is 6.07. The first kappa shape index (κ1) is 17.1. The van der Waals surface area contributed by atoms with Crippen LogP contribution < -0.4 is 10.5 Å². The Kier molecular flexibility index (Phi) is 7.80. The smallest absolute Gasteiger partial charge is 0.240 e. The van der Waals surface area contributed by atoms with Crippen molar-refractivity contribution in [3.8, 4) is 0 Å². The highest BCUT2D eigenvalue weighted by Crippen LogP contribution is 2.12. The third kappa shape index (κ3) is 6.03. The number of nitrogens with two attached hydrogens (primary N) is 1. The molecular formula is C15H26N2O2S. The Balaban J connectivity index is 2.50. The third-order valence-corrected chi connectivity index (χ3v) is 4.70. The second-order valence-electron chi connectivity index (χ2n) is 4.99. The van der Waals surface area contributed by atoms with Gasteiger partial charge < -0.3 is 5.73 Å². The zero-order chi connectivity index (χ0) is 14.8. The number of hydrogen-bond donors (Lipinski definition) is 2. The lowest BCUT2D eigenvalue weighted by atomic mass is 10.1. The van der Waals surface area contributed by atoms with Crippen molar-refractivity contribution >= 4 is 10.0 Å². The highest BCUT2D eigenvalue weighted by Gasteiger charge is 2.12. The van der Waals surface area contributed by atoms with Gasteiger partial charge in [-0.05, 0) is 43.5 Å². The van der Waals surface area contributed by atoms with Crippen LogP contribution in [0.4, 0.5) is 0 Å². The maximum atomic E-state index is 12.1. The van der Waals surface area contributed by atoms with Crippen molar-refractivity contribution in [2.24, 2.45) is 5.73 Å². The number of rotatable bonds is 10. The minimum Gasteiger partial charge on any atom is -0.330 e. The molecule has 1 aromatic rings. The molecular weight excluding hydrogens is 272 g/mol. The molecule has 0 spiro atoms. The highest BCUT2D eigenvalue weighted by atomic mass is 32.2. The van der Waals surface area contributed by atoms with E-state index < -0.39 is 10.0 Å². The monoisotopic (exact) mass is 298 g/mol. The van der Waals surface area contributed by atoms with E-state index in [2.05, 4.69) is 11.6 Å². The van der Waals surface area contributed by atoms with Crippen molar-refractivity contribution in [1.29, 1.82) is 0 Å². The number of sulfonamides is 1. The van der Waals surface area contributed by atoms with E-state index in [0.717, 1.165) is 44.1 Å². The molecule has 3 N–H and O–H groups in total. The van der Waals surface area contributed by atoms with Gasteiger partial charge in [0.05, 0.1) is 4.90 Å². The van der Waals surface area contributed by atoms with E-state index in [0.29, 0.717) is 18.0 Å². The molecule has 1 aromatic carbocycles. The van der Waals surface area contributed by atoms with Crippen LogP contribution in [0.25, 0.3) is 0 Å². The first-order valence-corrected chi connectivity index (χ1v) is 8.87. The Morgan fingerprint density at radius 2 is 1.75 bits per heavy atom. The van der Waals surface area contributed by atoms with Gasteiger partial charge in [-0.3, -0.25) is 0 Å². The number of unbranched alkanes of at least 4 members (excludes halogenated alkanes) is 3. The lowest BCUT2D eigenvalue weighted by Crippen LogP contribution is -2.24. The predicted molar refractivity (Wildman–Crippen MR) is 83.1 cm³/mol. The van der Waals surface area contributed by atoms with E-state index in [1.807, 2.05) is 12.1 Å². The molecule has 0 atom stereocenters. The number of aryl methyl sites for hydroxylation is 1. The van der Waals surface area contributed by atoms with Crippen LogP contribution in [-0.4, -0.2) is 21.5 Å². The molecule has 1 rings (SSSR count). The Morgan fingerprint density at radius 3 is 2.35 bits per heavy atom. The molecule has 0 aromatic heterocycles. The first-order chi connectivity index (χ1) is 9.60. The Morgan fingerprint density at radius 1 is 1.05 bits per heavy atom. The molecule has 5 heteroatoms. The van der Waals surface area contributed by atoms with E-state index in [1.165, 1.54) is 0 Å². The van der Waals surface area contributed by atoms with E-state index in [1.54, 1.807) is 12.1 Å². The predicted octanol–water partition coefficient (Wildman–Crippen LogP) is 2.44. The SMILES string of the molecule is CCCCCCNS(=O)(=O)c1ccc(CCCN)cc1. The Hall–Kier alpha value is -0.910. The summed E-state index contributed by atoms with van der Waals surface area (Å²) in [7, 11) is -3.36. The van der Waals surface area contributed by atoms with Crippen molar-refractivity contribution in [3.63, 3.8) is 0 Å². The molecule has 0 aliphatic heterocycles. The molecule has 0 saturated heterocycles. The van der Waals surface area contributed by atoms with E-state index in [-0.39, 0.29) is 0 Å². The van der Waals surface area contributed by atoms with Crippen molar-refractivity contribution in [1.82, 2.24) is 4.72 Å². The van der Waals surface area contributed by atoms with Crippen LogP contribution in [0.3, 0.4) is 0 Å². The van der Waals surface area contributed by atoms with E-state index >= 15 is 0 Å². The zero-order valence-electron chi connectivity index (χ0n) is 12.3. The minimum atomic E-state index is -3.36. The third-order valence-electron chi connectivity index (χ3n) is 3.23. The quantitative estimate of drug-likeness (QED) is 0.652. The molecule has 0 unspecified atom stereocenters. The van der Waals surface area contributed by atoms with Gasteiger partial charge in [-0.25, -0.2) is 13.1 Å². The summed E-state index contributed by atoms with van der Waals surface area (Å²) >= 11 is 0. The Bertz CT molecular complexity index is 469. The largest absolute Gasteiger partial charge is 0.330 e. The number of benzene rings is 1. The summed E-state index contributed by atoms with van der Waals surface area (Å²) in [5, 5.41) is 0. The summed E-state index contributed by atoms with van der Waals surface area (Å²) in [5.74, 6) is 0. The molecule has 0 aliphatic rings. The maximum Gasteiger partial charge on any atom is 0.240 e. The molecule has 0 fully saturated rings. The van der Waals surface area contributed by atoms with Gasteiger partial charge in [0.2, 0.25) is 10.0 Å². The fourth-order valence-corrected chi connectivity index (χ4v) is 3.06. The lowest BCUT2D eigenvalue weighted by molar-refractivity contribution is 0.573. The van der Waals surface area contributed by atoms with E-state index in [9.17, 15) is 8.42 Å². The minimum absolute atomic E-state index is 0.337. The van der Waals surface area contributed by atoms with Crippen molar-refractivity contribution in [3.05, 3.63) is 29.8 Å². The van der Waals surface area contributed by atoms with Crippen LogP contribution in [0.5, 0.6) is 0 Å². The highest BCUT2D eigenvalue weighted by molar-refractivity contribution is 7.89. The average molecular weight is 298 g/mol. The van der Waals surface area contributed by atoms with Gasteiger partial charge in [-0.2, -0.15) is 0 Å². The summed E-state index contributed by atoms with van der Waals surface area (Å²) in [6.45, 7) is 3.30. The molecule has 0 saturated carbocycles. The Labute approximate surface area is 122 Å². The number of hydrogen-bond acceptors (Lipinski definition) is 3. The topological polar surface area (TPSA) is 72.2 Å². The molecule has 0 radical (unpaired) electrons. The molecule has 114 valence electrons. The van der Waals surface area contributed by atoms with Gasteiger partial charge in [-0.15, -0.1) is 0 Å². The number of nitrogens with one attached hydrogen (secondary N) is 1. The summed E-state index contributed by atoms with van der Waals surface area (Å²) in [6, 6.07) is 7.06.